The molecule has 3 aromatic carbocycles. The van der Waals surface area contributed by atoms with Gasteiger partial charge >= 0.3 is 11.9 Å². The highest BCUT2D eigenvalue weighted by Gasteiger charge is 2.18. The maximum absolute atomic E-state index is 11.8. The Bertz CT molecular complexity index is 1060. The van der Waals surface area contributed by atoms with Gasteiger partial charge in [0.25, 0.3) is 0 Å². The summed E-state index contributed by atoms with van der Waals surface area (Å²) < 4.78 is 16.0. The van der Waals surface area contributed by atoms with Gasteiger partial charge in [0.2, 0.25) is 0 Å². The maximum atomic E-state index is 11.8. The van der Waals surface area contributed by atoms with Gasteiger partial charge in [-0.2, -0.15) is 0 Å². The number of hydrogen-bond acceptors (Lipinski definition) is 7. The lowest BCUT2D eigenvalue weighted by atomic mass is 10.1. The lowest BCUT2D eigenvalue weighted by Crippen LogP contribution is -2.10. The highest BCUT2D eigenvalue weighted by atomic mass is 16.5. The molecule has 3 aromatic rings. The Morgan fingerprint density at radius 1 is 0.793 bits per heavy atom. The van der Waals surface area contributed by atoms with Crippen LogP contribution in [0.25, 0.3) is 0 Å². The number of anilines is 2. The molecular weight excluding hydrogens is 376 g/mol. The van der Waals surface area contributed by atoms with Crippen molar-refractivity contribution in [3.63, 3.8) is 0 Å². The Labute approximate surface area is 166 Å². The number of nitrogen functional groups attached to an aromatic ring is 2. The van der Waals surface area contributed by atoms with E-state index in [-0.39, 0.29) is 16.9 Å². The number of nitrogens with two attached hydrogens (primary N) is 2. The fraction of sp³-hybridized carbons (Fsp3) is 0.0476. The predicted octanol–water partition coefficient (Wildman–Crippen LogP) is 3.92. The summed E-state index contributed by atoms with van der Waals surface area (Å²) in [5.41, 5.74) is 12.2. The SMILES string of the molecule is COC(=O)c1cc(Oc2ccc(Oc3ccc(N)cc3N)cc2)ccc1C(=O)O. The van der Waals surface area contributed by atoms with E-state index < -0.39 is 11.9 Å². The van der Waals surface area contributed by atoms with Crippen LogP contribution in [0.3, 0.4) is 0 Å². The molecule has 8 nitrogen and oxygen atoms in total. The number of carboxylic acid groups (broad SMARTS) is 1. The number of esters is 1. The molecule has 3 rings (SSSR count). The quantitative estimate of drug-likeness (QED) is 0.423. The van der Waals surface area contributed by atoms with Crippen molar-refractivity contribution >= 4 is 23.3 Å². The van der Waals surface area contributed by atoms with Crippen LogP contribution in [0.5, 0.6) is 23.0 Å². The minimum absolute atomic E-state index is 0.101. The zero-order chi connectivity index (χ0) is 21.0. The molecule has 29 heavy (non-hydrogen) atoms. The summed E-state index contributed by atoms with van der Waals surface area (Å²) in [7, 11) is 1.17. The second kappa shape index (κ2) is 8.22. The van der Waals surface area contributed by atoms with Gasteiger partial charge in [0, 0.05) is 5.69 Å². The summed E-state index contributed by atoms with van der Waals surface area (Å²) in [6.45, 7) is 0. The van der Waals surface area contributed by atoms with Gasteiger partial charge in [-0.15, -0.1) is 0 Å². The standard InChI is InChI=1S/C21H18N2O6/c1-27-21(26)17-11-15(7-8-16(17)20(24)25)28-13-3-5-14(6-4-13)29-19-9-2-12(22)10-18(19)23/h2-11H,22-23H2,1H3,(H,24,25). The van der Waals surface area contributed by atoms with E-state index in [1.807, 2.05) is 0 Å². The fourth-order valence-electron chi connectivity index (χ4n) is 2.55. The molecule has 0 aliphatic heterocycles. The second-order valence-electron chi connectivity index (χ2n) is 5.98. The van der Waals surface area contributed by atoms with Gasteiger partial charge < -0.3 is 30.8 Å². The number of carbonyl (C=O) groups excluding carboxylic acids is 1. The average molecular weight is 394 g/mol. The number of hydrogen-bond donors (Lipinski definition) is 3. The Balaban J connectivity index is 1.77. The van der Waals surface area contributed by atoms with Crippen molar-refractivity contribution in [1.29, 1.82) is 0 Å². The zero-order valence-electron chi connectivity index (χ0n) is 15.4. The normalized spacial score (nSPS) is 10.2. The summed E-state index contributed by atoms with van der Waals surface area (Å²) in [6, 6.07) is 15.7. The lowest BCUT2D eigenvalue weighted by molar-refractivity contribution is 0.0582. The maximum Gasteiger partial charge on any atom is 0.338 e. The molecule has 0 radical (unpaired) electrons. The first-order valence-electron chi connectivity index (χ1n) is 8.44. The molecule has 0 aromatic heterocycles. The average Bonchev–Trinajstić information content (AvgIpc) is 2.70. The van der Waals surface area contributed by atoms with E-state index in [0.717, 1.165) is 0 Å². The molecule has 5 N–H and O–H groups in total. The van der Waals surface area contributed by atoms with E-state index >= 15 is 0 Å². The zero-order valence-corrected chi connectivity index (χ0v) is 15.4. The Hall–Kier alpha value is -4.20. The third-order valence-corrected chi connectivity index (χ3v) is 3.95. The monoisotopic (exact) mass is 394 g/mol. The molecule has 0 aliphatic carbocycles. The lowest BCUT2D eigenvalue weighted by Gasteiger charge is -2.11. The molecular formula is C21H18N2O6. The van der Waals surface area contributed by atoms with Crippen LogP contribution in [0.1, 0.15) is 20.7 Å². The van der Waals surface area contributed by atoms with Crippen LogP contribution in [-0.4, -0.2) is 24.2 Å². The molecule has 0 amide bonds. The minimum Gasteiger partial charge on any atom is -0.478 e. The third kappa shape index (κ3) is 4.56. The molecule has 0 bridgehead atoms. The molecule has 148 valence electrons. The van der Waals surface area contributed by atoms with Gasteiger partial charge in [0.15, 0.2) is 0 Å². The Morgan fingerprint density at radius 3 is 2.00 bits per heavy atom. The topological polar surface area (TPSA) is 134 Å². The summed E-state index contributed by atoms with van der Waals surface area (Å²) in [5, 5.41) is 9.20. The van der Waals surface area contributed by atoms with E-state index in [0.29, 0.717) is 28.6 Å². The largest absolute Gasteiger partial charge is 0.478 e. The number of carbonyl (C=O) groups is 2. The number of rotatable bonds is 6. The summed E-state index contributed by atoms with van der Waals surface area (Å²) >= 11 is 0. The number of ether oxygens (including phenoxy) is 3. The van der Waals surface area contributed by atoms with Crippen LogP contribution in [0.4, 0.5) is 11.4 Å². The summed E-state index contributed by atoms with van der Waals surface area (Å²) in [6.07, 6.45) is 0. The third-order valence-electron chi connectivity index (χ3n) is 3.95. The number of methoxy groups -OCH3 is 1. The van der Waals surface area contributed by atoms with Crippen LogP contribution in [0.15, 0.2) is 60.7 Å². The van der Waals surface area contributed by atoms with Crippen LogP contribution >= 0.6 is 0 Å². The number of benzene rings is 3. The molecule has 0 unspecified atom stereocenters. The Morgan fingerprint density at radius 2 is 1.41 bits per heavy atom. The Kier molecular flexibility index (Phi) is 5.54. The van der Waals surface area contributed by atoms with Gasteiger partial charge in [0.05, 0.1) is 23.9 Å². The molecule has 0 heterocycles. The first-order chi connectivity index (χ1) is 13.9. The van der Waals surface area contributed by atoms with Gasteiger partial charge in [-0.25, -0.2) is 9.59 Å². The summed E-state index contributed by atoms with van der Waals surface area (Å²) in [4.78, 5) is 23.1. The fourth-order valence-corrected chi connectivity index (χ4v) is 2.55. The van der Waals surface area contributed by atoms with Crippen LogP contribution < -0.4 is 20.9 Å². The minimum atomic E-state index is -1.24. The van der Waals surface area contributed by atoms with Crippen molar-refractivity contribution in [2.45, 2.75) is 0 Å². The molecule has 0 spiro atoms. The van der Waals surface area contributed by atoms with E-state index in [9.17, 15) is 14.7 Å². The smallest absolute Gasteiger partial charge is 0.338 e. The van der Waals surface area contributed by atoms with Crippen molar-refractivity contribution < 1.29 is 28.9 Å². The van der Waals surface area contributed by atoms with E-state index in [4.69, 9.17) is 20.9 Å². The highest BCUT2D eigenvalue weighted by Crippen LogP contribution is 2.31. The van der Waals surface area contributed by atoms with Gasteiger partial charge in [-0.1, -0.05) is 0 Å². The van der Waals surface area contributed by atoms with Gasteiger partial charge in [0.1, 0.15) is 23.0 Å². The number of carboxylic acids is 1. The van der Waals surface area contributed by atoms with Crippen LogP contribution in [0.2, 0.25) is 0 Å². The van der Waals surface area contributed by atoms with Gasteiger partial charge in [-0.3, -0.25) is 0 Å². The first-order valence-corrected chi connectivity index (χ1v) is 8.44. The molecule has 0 fully saturated rings. The second-order valence-corrected chi connectivity index (χ2v) is 5.98. The van der Waals surface area contributed by atoms with E-state index in [1.54, 1.807) is 42.5 Å². The number of aromatic carboxylic acids is 1. The van der Waals surface area contributed by atoms with Crippen LogP contribution in [0, 0.1) is 0 Å². The van der Waals surface area contributed by atoms with Crippen molar-refractivity contribution in [1.82, 2.24) is 0 Å². The van der Waals surface area contributed by atoms with Crippen LogP contribution in [-0.2, 0) is 4.74 Å². The van der Waals surface area contributed by atoms with Crippen molar-refractivity contribution in [2.24, 2.45) is 0 Å². The highest BCUT2D eigenvalue weighted by molar-refractivity contribution is 6.02. The van der Waals surface area contributed by atoms with E-state index in [2.05, 4.69) is 4.74 Å². The molecule has 0 saturated heterocycles. The van der Waals surface area contributed by atoms with Crippen molar-refractivity contribution in [3.8, 4) is 23.0 Å². The summed E-state index contributed by atoms with van der Waals surface area (Å²) in [5.74, 6) is -0.253. The molecule has 8 heteroatoms. The van der Waals surface area contributed by atoms with Crippen molar-refractivity contribution in [3.05, 3.63) is 71.8 Å². The predicted molar refractivity (Wildman–Crippen MR) is 107 cm³/mol. The van der Waals surface area contributed by atoms with Gasteiger partial charge in [-0.05, 0) is 60.7 Å². The molecule has 0 saturated carbocycles. The van der Waals surface area contributed by atoms with E-state index in [1.165, 1.54) is 25.3 Å². The molecule has 0 aliphatic rings. The van der Waals surface area contributed by atoms with Crippen molar-refractivity contribution in [2.75, 3.05) is 18.6 Å². The molecule has 0 atom stereocenters. The first kappa shape index (κ1) is 19.6.